The molecule has 0 atom stereocenters. The molecule has 1 aliphatic rings. The van der Waals surface area contributed by atoms with Crippen LogP contribution < -0.4 is 0 Å². The Labute approximate surface area is 161 Å². The van der Waals surface area contributed by atoms with Crippen molar-refractivity contribution in [1.82, 2.24) is 4.31 Å². The molecule has 0 unspecified atom stereocenters. The Morgan fingerprint density at radius 2 is 1.85 bits per heavy atom. The number of carbonyl (C=O) groups is 2. The van der Waals surface area contributed by atoms with Gasteiger partial charge in [0.25, 0.3) is 0 Å². The number of hydrogen-bond acceptors (Lipinski definition) is 7. The van der Waals surface area contributed by atoms with E-state index < -0.39 is 22.0 Å². The van der Waals surface area contributed by atoms with Crippen LogP contribution in [0.4, 0.5) is 0 Å². The molecule has 1 aromatic carbocycles. The zero-order valence-corrected chi connectivity index (χ0v) is 16.5. The predicted molar refractivity (Wildman–Crippen MR) is 99.2 cm³/mol. The summed E-state index contributed by atoms with van der Waals surface area (Å²) in [6, 6.07) is 7.40. The van der Waals surface area contributed by atoms with Crippen molar-refractivity contribution in [1.29, 1.82) is 0 Å². The largest absolute Gasteiger partial charge is 0.465 e. The molecule has 1 aliphatic carbocycles. The third-order valence-corrected chi connectivity index (χ3v) is 7.04. The van der Waals surface area contributed by atoms with Crippen molar-refractivity contribution in [2.24, 2.45) is 0 Å². The Morgan fingerprint density at radius 1 is 1.15 bits per heavy atom. The van der Waals surface area contributed by atoms with Crippen LogP contribution in [0.3, 0.4) is 0 Å². The lowest BCUT2D eigenvalue weighted by Gasteiger charge is -2.22. The summed E-state index contributed by atoms with van der Waals surface area (Å²) in [4.78, 5) is 24.7. The number of methoxy groups -OCH3 is 2. The van der Waals surface area contributed by atoms with Gasteiger partial charge in [0.15, 0.2) is 0 Å². The van der Waals surface area contributed by atoms with Crippen molar-refractivity contribution in [3.05, 3.63) is 51.7 Å². The van der Waals surface area contributed by atoms with E-state index in [1.807, 2.05) is 17.5 Å². The Hall–Kier alpha value is -2.23. The molecule has 27 heavy (non-hydrogen) atoms. The molecular formula is C18H19NO6S2. The number of esters is 2. The van der Waals surface area contributed by atoms with Gasteiger partial charge in [0.05, 0.1) is 30.2 Å². The second-order valence-corrected chi connectivity index (χ2v) is 8.95. The molecule has 1 saturated carbocycles. The van der Waals surface area contributed by atoms with Crippen molar-refractivity contribution >= 4 is 33.3 Å². The average Bonchev–Trinajstić information content (AvgIpc) is 3.38. The van der Waals surface area contributed by atoms with Gasteiger partial charge in [-0.25, -0.2) is 18.0 Å². The van der Waals surface area contributed by atoms with Crippen LogP contribution in [-0.4, -0.2) is 44.9 Å². The summed E-state index contributed by atoms with van der Waals surface area (Å²) >= 11 is 1.46. The molecule has 0 bridgehead atoms. The van der Waals surface area contributed by atoms with Crippen molar-refractivity contribution in [2.45, 2.75) is 30.3 Å². The zero-order valence-electron chi connectivity index (χ0n) is 14.9. The predicted octanol–water partition coefficient (Wildman–Crippen LogP) is 2.67. The van der Waals surface area contributed by atoms with Gasteiger partial charge in [-0.1, -0.05) is 6.07 Å². The molecule has 7 nitrogen and oxygen atoms in total. The summed E-state index contributed by atoms with van der Waals surface area (Å²) < 4.78 is 37.6. The first-order valence-corrected chi connectivity index (χ1v) is 10.6. The molecule has 1 heterocycles. The standard InChI is InChI=1S/C18H19NO6S2/c1-24-17(20)12-5-8-15(18(21)25-2)16(10-12)27(22,23)19(13-6-7-13)11-14-4-3-9-26-14/h3-5,8-10,13H,6-7,11H2,1-2H3. The first-order chi connectivity index (χ1) is 12.9. The lowest BCUT2D eigenvalue weighted by Crippen LogP contribution is -2.33. The van der Waals surface area contributed by atoms with Crippen LogP contribution in [0.15, 0.2) is 40.6 Å². The van der Waals surface area contributed by atoms with Crippen LogP contribution in [0, 0.1) is 0 Å². The molecule has 0 aliphatic heterocycles. The molecular weight excluding hydrogens is 390 g/mol. The van der Waals surface area contributed by atoms with Crippen molar-refractivity contribution < 1.29 is 27.5 Å². The number of benzene rings is 1. The molecule has 3 rings (SSSR count). The Morgan fingerprint density at radius 3 is 2.41 bits per heavy atom. The van der Waals surface area contributed by atoms with E-state index in [1.165, 1.54) is 48.1 Å². The molecule has 144 valence electrons. The fraction of sp³-hybridized carbons (Fsp3) is 0.333. The number of sulfonamides is 1. The normalized spacial score (nSPS) is 14.2. The monoisotopic (exact) mass is 409 g/mol. The lowest BCUT2D eigenvalue weighted by atomic mass is 10.1. The average molecular weight is 409 g/mol. The quantitative estimate of drug-likeness (QED) is 0.653. The maximum Gasteiger partial charge on any atom is 0.339 e. The lowest BCUT2D eigenvalue weighted by molar-refractivity contribution is 0.0583. The van der Waals surface area contributed by atoms with E-state index in [4.69, 9.17) is 4.74 Å². The van der Waals surface area contributed by atoms with Gasteiger partial charge in [-0.05, 0) is 42.5 Å². The number of rotatable bonds is 7. The minimum Gasteiger partial charge on any atom is -0.465 e. The van der Waals surface area contributed by atoms with Gasteiger partial charge in [-0.3, -0.25) is 0 Å². The summed E-state index contributed by atoms with van der Waals surface area (Å²) in [6.07, 6.45) is 1.52. The summed E-state index contributed by atoms with van der Waals surface area (Å²) in [6.45, 7) is 0.216. The van der Waals surface area contributed by atoms with Crippen molar-refractivity contribution in [2.75, 3.05) is 14.2 Å². The van der Waals surface area contributed by atoms with Crippen LogP contribution >= 0.6 is 11.3 Å². The number of ether oxygens (including phenoxy) is 2. The van der Waals surface area contributed by atoms with E-state index in [-0.39, 0.29) is 28.6 Å². The Kier molecular flexibility index (Phi) is 5.64. The Bertz CT molecular complexity index is 948. The second kappa shape index (κ2) is 7.79. The highest BCUT2D eigenvalue weighted by Gasteiger charge is 2.40. The van der Waals surface area contributed by atoms with E-state index in [9.17, 15) is 18.0 Å². The molecule has 9 heteroatoms. The molecule has 0 amide bonds. The van der Waals surface area contributed by atoms with Crippen LogP contribution in [0.5, 0.6) is 0 Å². The summed E-state index contributed by atoms with van der Waals surface area (Å²) in [5.74, 6) is -1.46. The molecule has 0 saturated heterocycles. The SMILES string of the molecule is COC(=O)c1ccc(C(=O)OC)c(S(=O)(=O)N(Cc2cccs2)C2CC2)c1. The summed E-state index contributed by atoms with van der Waals surface area (Å²) in [5.41, 5.74) is -0.0578. The van der Waals surface area contributed by atoms with Gasteiger partial charge in [-0.15, -0.1) is 11.3 Å². The topological polar surface area (TPSA) is 90.0 Å². The number of nitrogens with zero attached hydrogens (tertiary/aromatic N) is 1. The minimum absolute atomic E-state index is 0.0515. The fourth-order valence-corrected chi connectivity index (χ4v) is 5.37. The van der Waals surface area contributed by atoms with Gasteiger partial charge < -0.3 is 9.47 Å². The van der Waals surface area contributed by atoms with E-state index in [2.05, 4.69) is 4.74 Å². The first-order valence-electron chi connectivity index (χ1n) is 8.23. The molecule has 0 radical (unpaired) electrons. The molecule has 2 aromatic rings. The van der Waals surface area contributed by atoms with Crippen LogP contribution in [0.1, 0.15) is 38.4 Å². The van der Waals surface area contributed by atoms with E-state index in [0.29, 0.717) is 0 Å². The van der Waals surface area contributed by atoms with Crippen LogP contribution in [-0.2, 0) is 26.0 Å². The van der Waals surface area contributed by atoms with Gasteiger partial charge >= 0.3 is 11.9 Å². The number of thiophene rings is 1. The van der Waals surface area contributed by atoms with Gasteiger partial charge in [0, 0.05) is 17.5 Å². The second-order valence-electron chi connectivity index (χ2n) is 6.05. The highest BCUT2D eigenvalue weighted by molar-refractivity contribution is 7.89. The summed E-state index contributed by atoms with van der Waals surface area (Å²) in [7, 11) is -1.65. The molecule has 1 fully saturated rings. The van der Waals surface area contributed by atoms with Gasteiger partial charge in [0.1, 0.15) is 0 Å². The van der Waals surface area contributed by atoms with E-state index in [1.54, 1.807) is 0 Å². The summed E-state index contributed by atoms with van der Waals surface area (Å²) in [5, 5.41) is 1.88. The maximum absolute atomic E-state index is 13.4. The fourth-order valence-electron chi connectivity index (χ4n) is 2.71. The van der Waals surface area contributed by atoms with Crippen molar-refractivity contribution in [3.63, 3.8) is 0 Å². The molecule has 0 N–H and O–H groups in total. The van der Waals surface area contributed by atoms with Gasteiger partial charge in [-0.2, -0.15) is 4.31 Å². The Balaban J connectivity index is 2.09. The minimum atomic E-state index is -4.03. The smallest absolute Gasteiger partial charge is 0.339 e. The molecule has 0 spiro atoms. The zero-order chi connectivity index (χ0) is 19.6. The third kappa shape index (κ3) is 4.05. The number of carbonyl (C=O) groups excluding carboxylic acids is 2. The van der Waals surface area contributed by atoms with E-state index in [0.717, 1.165) is 17.7 Å². The van der Waals surface area contributed by atoms with Crippen LogP contribution in [0.25, 0.3) is 0 Å². The first kappa shape index (κ1) is 19.5. The van der Waals surface area contributed by atoms with E-state index >= 15 is 0 Å². The van der Waals surface area contributed by atoms with Crippen molar-refractivity contribution in [3.8, 4) is 0 Å². The number of hydrogen-bond donors (Lipinski definition) is 0. The maximum atomic E-state index is 13.4. The van der Waals surface area contributed by atoms with Crippen LogP contribution in [0.2, 0.25) is 0 Å². The molecule has 1 aromatic heterocycles. The third-order valence-electron chi connectivity index (χ3n) is 4.24. The highest BCUT2D eigenvalue weighted by Crippen LogP contribution is 2.35. The highest BCUT2D eigenvalue weighted by atomic mass is 32.2. The van der Waals surface area contributed by atoms with Gasteiger partial charge in [0.2, 0.25) is 10.0 Å².